The minimum Gasteiger partial charge on any atom is -0.484 e. The zero-order valence-electron chi connectivity index (χ0n) is 17.2. The van der Waals surface area contributed by atoms with E-state index in [1.165, 1.54) is 24.0 Å². The standard InChI is InChI=1S/C23H32N4O/c1-4-8-17-11-13-21(20-10-7-6-9-19(17)20)28-18-12-14-22(24)27(16-18)23(25)26(3)15-5-2/h6-7,9-10,12,14,16-17,21,24-25H,4-5,8,11,13,15H2,1-3H3/t17-,21+/m0/s1. The normalized spacial score (nSPS) is 18.4. The molecule has 1 aliphatic rings. The van der Waals surface area contributed by atoms with E-state index in [9.17, 15) is 0 Å². The summed E-state index contributed by atoms with van der Waals surface area (Å²) in [6.07, 6.45) is 7.31. The van der Waals surface area contributed by atoms with Crippen molar-refractivity contribution < 1.29 is 4.74 Å². The van der Waals surface area contributed by atoms with Crippen LogP contribution in [0.4, 0.5) is 0 Å². The molecular formula is C23H32N4O. The highest BCUT2D eigenvalue weighted by atomic mass is 16.5. The van der Waals surface area contributed by atoms with Crippen molar-refractivity contribution in [3.8, 4) is 5.75 Å². The van der Waals surface area contributed by atoms with Gasteiger partial charge in [0, 0.05) is 13.6 Å². The highest BCUT2D eigenvalue weighted by Gasteiger charge is 2.27. The Bertz CT molecular complexity index is 873. The smallest absolute Gasteiger partial charge is 0.203 e. The predicted molar refractivity (Wildman–Crippen MR) is 113 cm³/mol. The van der Waals surface area contributed by atoms with Crippen molar-refractivity contribution in [1.29, 1.82) is 10.8 Å². The van der Waals surface area contributed by atoms with Gasteiger partial charge in [0.2, 0.25) is 5.96 Å². The molecule has 2 aromatic rings. The second-order valence-corrected chi connectivity index (χ2v) is 7.66. The molecule has 0 unspecified atom stereocenters. The third kappa shape index (κ3) is 4.29. The summed E-state index contributed by atoms with van der Waals surface area (Å²) in [5.41, 5.74) is 2.99. The maximum absolute atomic E-state index is 8.40. The molecular weight excluding hydrogens is 348 g/mol. The molecule has 0 amide bonds. The summed E-state index contributed by atoms with van der Waals surface area (Å²) in [6.45, 7) is 5.12. The van der Waals surface area contributed by atoms with Gasteiger partial charge in [-0.2, -0.15) is 0 Å². The lowest BCUT2D eigenvalue weighted by molar-refractivity contribution is 0.174. The van der Waals surface area contributed by atoms with Crippen LogP contribution in [0.3, 0.4) is 0 Å². The zero-order chi connectivity index (χ0) is 20.1. The van der Waals surface area contributed by atoms with Crippen LogP contribution in [0.1, 0.15) is 69.1 Å². The molecule has 1 aromatic carbocycles. The van der Waals surface area contributed by atoms with Crippen LogP contribution in [0.25, 0.3) is 0 Å². The third-order valence-electron chi connectivity index (χ3n) is 5.55. The van der Waals surface area contributed by atoms with E-state index in [0.29, 0.717) is 17.6 Å². The van der Waals surface area contributed by atoms with E-state index in [-0.39, 0.29) is 11.6 Å². The Labute approximate surface area is 168 Å². The Kier molecular flexibility index (Phi) is 6.55. The number of ether oxygens (including phenoxy) is 1. The van der Waals surface area contributed by atoms with Gasteiger partial charge in [-0.05, 0) is 54.9 Å². The molecule has 150 valence electrons. The van der Waals surface area contributed by atoms with Gasteiger partial charge >= 0.3 is 0 Å². The summed E-state index contributed by atoms with van der Waals surface area (Å²) < 4.78 is 7.96. The molecule has 1 aliphatic carbocycles. The molecule has 3 rings (SSSR count). The molecule has 0 spiro atoms. The summed E-state index contributed by atoms with van der Waals surface area (Å²) >= 11 is 0. The van der Waals surface area contributed by atoms with Gasteiger partial charge in [-0.25, -0.2) is 0 Å². The van der Waals surface area contributed by atoms with E-state index < -0.39 is 0 Å². The lowest BCUT2D eigenvalue weighted by Gasteiger charge is -2.32. The summed E-state index contributed by atoms with van der Waals surface area (Å²) in [7, 11) is 1.89. The molecule has 2 atom stereocenters. The molecule has 0 radical (unpaired) electrons. The van der Waals surface area contributed by atoms with Crippen molar-refractivity contribution in [2.75, 3.05) is 13.6 Å². The van der Waals surface area contributed by atoms with Gasteiger partial charge in [0.15, 0.2) is 0 Å². The first-order valence-corrected chi connectivity index (χ1v) is 10.4. The quantitative estimate of drug-likeness (QED) is 0.553. The maximum atomic E-state index is 8.40. The minimum atomic E-state index is 0.0249. The van der Waals surface area contributed by atoms with Crippen LogP contribution in [-0.2, 0) is 0 Å². The second kappa shape index (κ2) is 9.09. The Balaban J connectivity index is 1.84. The molecule has 28 heavy (non-hydrogen) atoms. The summed E-state index contributed by atoms with van der Waals surface area (Å²) in [6, 6.07) is 12.2. The van der Waals surface area contributed by atoms with Crippen molar-refractivity contribution in [2.45, 2.75) is 58.0 Å². The van der Waals surface area contributed by atoms with Crippen LogP contribution in [0.15, 0.2) is 42.6 Å². The maximum Gasteiger partial charge on any atom is 0.203 e. The van der Waals surface area contributed by atoms with Gasteiger partial charge in [-0.15, -0.1) is 0 Å². The van der Waals surface area contributed by atoms with Crippen molar-refractivity contribution in [2.24, 2.45) is 0 Å². The first-order valence-electron chi connectivity index (χ1n) is 10.4. The van der Waals surface area contributed by atoms with E-state index in [4.69, 9.17) is 15.6 Å². The SMILES string of the molecule is CCC[C@H]1CC[C@@H](Oc2ccc(=N)n(C(=N)N(C)CCC)c2)c2ccccc21. The van der Waals surface area contributed by atoms with Gasteiger partial charge < -0.3 is 9.64 Å². The lowest BCUT2D eigenvalue weighted by atomic mass is 9.79. The Hall–Kier alpha value is -2.56. The van der Waals surface area contributed by atoms with E-state index in [1.54, 1.807) is 16.8 Å². The molecule has 1 heterocycles. The number of nitrogens with zero attached hydrogens (tertiary/aromatic N) is 2. The highest BCUT2D eigenvalue weighted by Crippen LogP contribution is 2.41. The molecule has 5 heteroatoms. The first-order chi connectivity index (χ1) is 13.5. The van der Waals surface area contributed by atoms with Crippen LogP contribution < -0.4 is 10.2 Å². The van der Waals surface area contributed by atoms with Crippen LogP contribution in [-0.4, -0.2) is 29.0 Å². The number of rotatable bonds is 6. The Morgan fingerprint density at radius 2 is 1.86 bits per heavy atom. The number of nitrogens with one attached hydrogen (secondary N) is 2. The number of pyridine rings is 1. The zero-order valence-corrected chi connectivity index (χ0v) is 17.2. The number of hydrogen-bond donors (Lipinski definition) is 2. The van der Waals surface area contributed by atoms with Gasteiger partial charge in [0.25, 0.3) is 0 Å². The molecule has 0 bridgehead atoms. The van der Waals surface area contributed by atoms with Gasteiger partial charge in [-0.1, -0.05) is 44.5 Å². The van der Waals surface area contributed by atoms with Crippen molar-refractivity contribution in [1.82, 2.24) is 9.47 Å². The number of aromatic nitrogens is 1. The van der Waals surface area contributed by atoms with E-state index in [0.717, 1.165) is 25.8 Å². The van der Waals surface area contributed by atoms with Crippen LogP contribution in [0, 0.1) is 10.8 Å². The highest BCUT2D eigenvalue weighted by molar-refractivity contribution is 5.79. The Morgan fingerprint density at radius 1 is 1.11 bits per heavy atom. The molecule has 5 nitrogen and oxygen atoms in total. The molecule has 0 fully saturated rings. The monoisotopic (exact) mass is 380 g/mol. The fraction of sp³-hybridized carbons (Fsp3) is 0.478. The number of hydrogen-bond acceptors (Lipinski definition) is 3. The van der Waals surface area contributed by atoms with Crippen LogP contribution in [0.2, 0.25) is 0 Å². The fourth-order valence-corrected chi connectivity index (χ4v) is 4.13. The minimum absolute atomic E-state index is 0.0249. The van der Waals surface area contributed by atoms with Gasteiger partial charge in [0.1, 0.15) is 17.3 Å². The van der Waals surface area contributed by atoms with Crippen molar-refractivity contribution >= 4 is 5.96 Å². The predicted octanol–water partition coefficient (Wildman–Crippen LogP) is 4.89. The Morgan fingerprint density at radius 3 is 2.57 bits per heavy atom. The molecule has 0 saturated carbocycles. The lowest BCUT2D eigenvalue weighted by Crippen LogP contribution is -2.38. The third-order valence-corrected chi connectivity index (χ3v) is 5.55. The van der Waals surface area contributed by atoms with E-state index in [1.807, 2.05) is 18.0 Å². The summed E-state index contributed by atoms with van der Waals surface area (Å²) in [4.78, 5) is 1.85. The largest absolute Gasteiger partial charge is 0.484 e. The van der Waals surface area contributed by atoms with E-state index >= 15 is 0 Å². The molecule has 0 saturated heterocycles. The summed E-state index contributed by atoms with van der Waals surface area (Å²) in [5, 5.41) is 16.6. The van der Waals surface area contributed by atoms with Crippen molar-refractivity contribution in [3.63, 3.8) is 0 Å². The van der Waals surface area contributed by atoms with Crippen molar-refractivity contribution in [3.05, 3.63) is 59.2 Å². The van der Waals surface area contributed by atoms with Crippen LogP contribution >= 0.6 is 0 Å². The average Bonchev–Trinajstić information content (AvgIpc) is 2.71. The van der Waals surface area contributed by atoms with E-state index in [2.05, 4.69) is 38.1 Å². The van der Waals surface area contributed by atoms with Gasteiger partial charge in [0.05, 0.1) is 6.20 Å². The summed E-state index contributed by atoms with van der Waals surface area (Å²) in [5.74, 6) is 1.63. The van der Waals surface area contributed by atoms with Gasteiger partial charge in [-0.3, -0.25) is 15.4 Å². The average molecular weight is 381 g/mol. The molecule has 0 aliphatic heterocycles. The fourth-order valence-electron chi connectivity index (χ4n) is 4.13. The molecule has 1 aromatic heterocycles. The second-order valence-electron chi connectivity index (χ2n) is 7.66. The topological polar surface area (TPSA) is 65.1 Å². The van der Waals surface area contributed by atoms with Crippen LogP contribution in [0.5, 0.6) is 5.75 Å². The number of fused-ring (bicyclic) bond motifs is 1. The number of benzene rings is 1. The molecule has 2 N–H and O–H groups in total. The first kappa shape index (κ1) is 20.2.